The van der Waals surface area contributed by atoms with Crippen LogP contribution in [-0.4, -0.2) is 41.9 Å². The number of azo groups is 1. The summed E-state index contributed by atoms with van der Waals surface area (Å²) < 4.78 is 66.2. The quantitative estimate of drug-likeness (QED) is 0.106. The Balaban J connectivity index is 0.00000256. The molecule has 0 amide bonds. The number of Topliss-reactive ketones (excluding diaryl/α,β-unsaturated/α-hetero) is 1. The SMILES string of the molecule is O=C1C(S(=O)(=O)[O-])=CC2=CC(=S(=O)([O-])O)C=CC2=C1N=Nc1cccc([N+](=O)[O-])c1.[Na+].[Na+]. The first-order valence-corrected chi connectivity index (χ1v) is 10.6. The molecule has 16 heteroatoms. The molecule has 0 bridgehead atoms. The fourth-order valence-corrected chi connectivity index (χ4v) is 3.65. The summed E-state index contributed by atoms with van der Waals surface area (Å²) in [6, 6.07) is 4.86. The maximum atomic E-state index is 12.5. The molecule has 1 N–H and O–H groups in total. The van der Waals surface area contributed by atoms with E-state index < -0.39 is 46.4 Å². The summed E-state index contributed by atoms with van der Waals surface area (Å²) in [4.78, 5) is 20.8. The molecule has 0 radical (unpaired) electrons. The molecule has 3 rings (SSSR count). The number of benzene rings is 1. The molecular weight excluding hydrogens is 488 g/mol. The van der Waals surface area contributed by atoms with Crippen molar-refractivity contribution >= 4 is 42.2 Å². The van der Waals surface area contributed by atoms with Crippen LogP contribution < -0.4 is 59.1 Å². The van der Waals surface area contributed by atoms with Crippen LogP contribution in [0.5, 0.6) is 0 Å². The first kappa shape index (κ1) is 28.7. The summed E-state index contributed by atoms with van der Waals surface area (Å²) in [7, 11) is -9.92. The average Bonchev–Trinajstić information content (AvgIpc) is 2.65. The van der Waals surface area contributed by atoms with Crippen molar-refractivity contribution in [2.24, 2.45) is 10.2 Å². The molecule has 0 aliphatic heterocycles. The van der Waals surface area contributed by atoms with Gasteiger partial charge in [-0.25, -0.2) is 8.42 Å². The van der Waals surface area contributed by atoms with Crippen LogP contribution >= 0.6 is 0 Å². The Kier molecular flexibility index (Phi) is 9.65. The second-order valence-corrected chi connectivity index (χ2v) is 8.61. The molecule has 156 valence electrons. The van der Waals surface area contributed by atoms with Gasteiger partial charge >= 0.3 is 59.1 Å². The number of carbonyl (C=O) groups is 1. The molecule has 0 spiro atoms. The minimum atomic E-state index is -5.26. The first-order valence-electron chi connectivity index (χ1n) is 7.75. The van der Waals surface area contributed by atoms with Crippen molar-refractivity contribution < 1.29 is 95.1 Å². The number of hydrogen-bond acceptors (Lipinski definition) is 10. The summed E-state index contributed by atoms with van der Waals surface area (Å²) in [6.45, 7) is 0. The van der Waals surface area contributed by atoms with E-state index in [9.17, 15) is 36.6 Å². The maximum absolute atomic E-state index is 12.5. The van der Waals surface area contributed by atoms with Crippen molar-refractivity contribution in [1.29, 1.82) is 0 Å². The number of nitro benzene ring substituents is 1. The van der Waals surface area contributed by atoms with Crippen LogP contribution in [0.25, 0.3) is 0 Å². The molecule has 0 saturated heterocycles. The predicted octanol–water partition coefficient (Wildman–Crippen LogP) is -4.49. The summed E-state index contributed by atoms with van der Waals surface area (Å²) in [5, 5.41) is 18.2. The van der Waals surface area contributed by atoms with E-state index in [1.807, 2.05) is 0 Å². The first-order chi connectivity index (χ1) is 13.9. The molecule has 2 aliphatic carbocycles. The van der Waals surface area contributed by atoms with Gasteiger partial charge in [0, 0.05) is 32.7 Å². The summed E-state index contributed by atoms with van der Waals surface area (Å²) in [6.07, 6.45) is 3.53. The number of nitro groups is 1. The van der Waals surface area contributed by atoms with Gasteiger partial charge in [-0.15, -0.1) is 5.11 Å². The summed E-state index contributed by atoms with van der Waals surface area (Å²) in [5.74, 6) is -1.29. The molecule has 1 atom stereocenters. The Bertz CT molecular complexity index is 1370. The zero-order chi connectivity index (χ0) is 22.3. The van der Waals surface area contributed by atoms with Gasteiger partial charge in [-0.05, 0) is 29.9 Å². The Morgan fingerprint density at radius 3 is 2.22 bits per heavy atom. The van der Waals surface area contributed by atoms with Gasteiger partial charge in [0.05, 0.1) is 10.6 Å². The van der Waals surface area contributed by atoms with E-state index in [0.29, 0.717) is 6.08 Å². The third-order valence-electron chi connectivity index (χ3n) is 3.88. The van der Waals surface area contributed by atoms with Gasteiger partial charge in [0.15, 0.2) is 0 Å². The molecular formula is C16H9N3Na2O9S2. The number of ketones is 1. The Hall–Kier alpha value is -1.30. The Morgan fingerprint density at radius 1 is 1.00 bits per heavy atom. The van der Waals surface area contributed by atoms with Gasteiger partial charge in [-0.2, -0.15) is 5.11 Å². The fraction of sp³-hybridized carbons (Fsp3) is 0. The minimum Gasteiger partial charge on any atom is -0.757 e. The zero-order valence-corrected chi connectivity index (χ0v) is 22.1. The maximum Gasteiger partial charge on any atom is 1.00 e. The fourth-order valence-electron chi connectivity index (χ4n) is 2.54. The van der Waals surface area contributed by atoms with Crippen LogP contribution in [0.1, 0.15) is 0 Å². The number of allylic oxidation sites excluding steroid dienone is 7. The topological polar surface area (TPSA) is 202 Å². The van der Waals surface area contributed by atoms with E-state index >= 15 is 0 Å². The van der Waals surface area contributed by atoms with Crippen molar-refractivity contribution in [1.82, 2.24) is 0 Å². The van der Waals surface area contributed by atoms with Crippen LogP contribution in [0.15, 0.2) is 80.5 Å². The summed E-state index contributed by atoms with van der Waals surface area (Å²) >= 11 is 0. The smallest absolute Gasteiger partial charge is 0.757 e. The van der Waals surface area contributed by atoms with E-state index in [4.69, 9.17) is 4.55 Å². The van der Waals surface area contributed by atoms with Gasteiger partial charge in [0.2, 0.25) is 5.78 Å². The molecule has 0 saturated carbocycles. The monoisotopic (exact) mass is 497 g/mol. The number of carbonyl (C=O) groups excluding carboxylic acids is 1. The molecule has 32 heavy (non-hydrogen) atoms. The second-order valence-electron chi connectivity index (χ2n) is 5.84. The molecule has 1 aromatic rings. The van der Waals surface area contributed by atoms with Gasteiger partial charge in [0.1, 0.15) is 20.7 Å². The van der Waals surface area contributed by atoms with Gasteiger partial charge in [-0.1, -0.05) is 12.1 Å². The summed E-state index contributed by atoms with van der Waals surface area (Å²) in [5.41, 5.74) is -1.20. The van der Waals surface area contributed by atoms with Crippen molar-refractivity contribution in [3.8, 4) is 0 Å². The zero-order valence-electron chi connectivity index (χ0n) is 16.5. The largest absolute Gasteiger partial charge is 1.00 e. The Morgan fingerprint density at radius 2 is 1.66 bits per heavy atom. The molecule has 0 fully saturated rings. The van der Waals surface area contributed by atoms with E-state index in [2.05, 4.69) is 10.2 Å². The number of hydrogen-bond donors (Lipinski definition) is 1. The molecule has 12 nitrogen and oxygen atoms in total. The van der Waals surface area contributed by atoms with Crippen LogP contribution in [-0.2, 0) is 25.0 Å². The van der Waals surface area contributed by atoms with Crippen LogP contribution in [0.3, 0.4) is 0 Å². The Labute approximate surface area is 226 Å². The number of non-ortho nitro benzene ring substituents is 1. The van der Waals surface area contributed by atoms with Crippen molar-refractivity contribution in [2.75, 3.05) is 0 Å². The number of rotatable bonds is 4. The van der Waals surface area contributed by atoms with Gasteiger partial charge in [0.25, 0.3) is 5.69 Å². The molecule has 1 unspecified atom stereocenters. The average molecular weight is 497 g/mol. The van der Waals surface area contributed by atoms with Crippen LogP contribution in [0.2, 0.25) is 0 Å². The number of nitrogens with zero attached hydrogens (tertiary/aromatic N) is 3. The van der Waals surface area contributed by atoms with E-state index in [1.165, 1.54) is 18.2 Å². The molecule has 0 aromatic heterocycles. The predicted molar refractivity (Wildman–Crippen MR) is 101 cm³/mol. The standard InChI is InChI=1S/C16H11N3O9S2.2Na/c20-16-14(30(26,27)28)7-9-6-12(29(23,24)25)4-5-13(9)15(16)18-17-10-2-1-3-11(8-10)19(21)22;;/h1-8H,(H2,23,24,25)(H,26,27,28);;/q;2*+1/p-2. The van der Waals surface area contributed by atoms with Crippen LogP contribution in [0, 0.1) is 10.1 Å². The molecule has 0 heterocycles. The second kappa shape index (κ2) is 10.8. The van der Waals surface area contributed by atoms with Crippen molar-refractivity contribution in [3.05, 3.63) is 80.4 Å². The van der Waals surface area contributed by atoms with E-state index in [-0.39, 0.29) is 81.6 Å². The van der Waals surface area contributed by atoms with E-state index in [0.717, 1.165) is 24.3 Å². The molecule has 1 aromatic carbocycles. The normalized spacial score (nSPS) is 17.6. The minimum absolute atomic E-state index is 0. The third kappa shape index (κ3) is 6.39. The van der Waals surface area contributed by atoms with E-state index in [1.54, 1.807) is 0 Å². The van der Waals surface area contributed by atoms with Crippen molar-refractivity contribution in [2.45, 2.75) is 0 Å². The number of fused-ring (bicyclic) bond motifs is 1. The van der Waals surface area contributed by atoms with Crippen LogP contribution in [0.4, 0.5) is 11.4 Å². The molecule has 2 aliphatic rings. The third-order valence-corrected chi connectivity index (χ3v) is 5.57. The van der Waals surface area contributed by atoms with Gasteiger partial charge in [-0.3, -0.25) is 19.1 Å². The van der Waals surface area contributed by atoms with Crippen molar-refractivity contribution in [3.63, 3.8) is 0 Å². The van der Waals surface area contributed by atoms with Gasteiger partial charge < -0.3 is 13.7 Å².